The van der Waals surface area contributed by atoms with Crippen LogP contribution in [0.1, 0.15) is 13.3 Å². The van der Waals surface area contributed by atoms with Gasteiger partial charge in [-0.05, 0) is 56.9 Å². The Morgan fingerprint density at radius 3 is 2.73 bits per heavy atom. The average molecular weight is 324 g/mol. The van der Waals surface area contributed by atoms with Crippen molar-refractivity contribution < 1.29 is 4.79 Å². The predicted octanol–water partition coefficient (Wildman–Crippen LogP) is 2.00. The van der Waals surface area contributed by atoms with Gasteiger partial charge in [0.2, 0.25) is 5.91 Å². The van der Waals surface area contributed by atoms with Gasteiger partial charge in [-0.15, -0.1) is 12.4 Å². The van der Waals surface area contributed by atoms with Crippen LogP contribution in [0.5, 0.6) is 0 Å². The van der Waals surface area contributed by atoms with Gasteiger partial charge in [0.05, 0.1) is 6.54 Å². The van der Waals surface area contributed by atoms with E-state index in [0.29, 0.717) is 6.54 Å². The summed E-state index contributed by atoms with van der Waals surface area (Å²) < 4.78 is 0. The minimum absolute atomic E-state index is 0. The molecule has 4 nitrogen and oxygen atoms in total. The molecular formula is C17H26ClN3O. The quantitative estimate of drug-likeness (QED) is 0.920. The highest BCUT2D eigenvalue weighted by atomic mass is 35.5. The van der Waals surface area contributed by atoms with Crippen molar-refractivity contribution in [3.05, 3.63) is 30.3 Å². The van der Waals surface area contributed by atoms with E-state index < -0.39 is 0 Å². The van der Waals surface area contributed by atoms with Gasteiger partial charge in [-0.3, -0.25) is 9.69 Å². The molecule has 0 aromatic heterocycles. The van der Waals surface area contributed by atoms with Gasteiger partial charge in [0.25, 0.3) is 0 Å². The zero-order chi connectivity index (χ0) is 14.7. The molecule has 2 aliphatic rings. The summed E-state index contributed by atoms with van der Waals surface area (Å²) in [4.78, 5) is 16.8. The Morgan fingerprint density at radius 1 is 1.27 bits per heavy atom. The van der Waals surface area contributed by atoms with Gasteiger partial charge < -0.3 is 10.2 Å². The molecule has 5 heteroatoms. The van der Waals surface area contributed by atoms with Crippen LogP contribution >= 0.6 is 12.4 Å². The third kappa shape index (κ3) is 3.80. The number of hydrogen-bond acceptors (Lipinski definition) is 3. The highest BCUT2D eigenvalue weighted by Gasteiger charge is 2.33. The van der Waals surface area contributed by atoms with Crippen molar-refractivity contribution in [3.63, 3.8) is 0 Å². The number of nitrogens with one attached hydrogen (secondary N) is 1. The number of halogens is 1. The molecule has 0 bridgehead atoms. The second-order valence-corrected chi connectivity index (χ2v) is 6.18. The summed E-state index contributed by atoms with van der Waals surface area (Å²) in [7, 11) is 0. The van der Waals surface area contributed by atoms with Gasteiger partial charge >= 0.3 is 0 Å². The van der Waals surface area contributed by atoms with E-state index in [1.165, 1.54) is 6.42 Å². The van der Waals surface area contributed by atoms with Crippen molar-refractivity contribution >= 4 is 24.0 Å². The first-order valence-corrected chi connectivity index (χ1v) is 8.06. The smallest absolute Gasteiger partial charge is 0.241 e. The Hall–Kier alpha value is -1.10. The molecule has 3 rings (SSSR count). The molecule has 1 aromatic carbocycles. The molecule has 2 atom stereocenters. The van der Waals surface area contributed by atoms with Gasteiger partial charge in [-0.2, -0.15) is 0 Å². The second kappa shape index (κ2) is 7.95. The highest BCUT2D eigenvalue weighted by molar-refractivity contribution is 5.94. The molecule has 122 valence electrons. The number of anilines is 1. The van der Waals surface area contributed by atoms with E-state index in [4.69, 9.17) is 0 Å². The van der Waals surface area contributed by atoms with Crippen LogP contribution in [0.25, 0.3) is 0 Å². The van der Waals surface area contributed by atoms with Crippen molar-refractivity contribution in [1.82, 2.24) is 10.2 Å². The SMILES string of the molecule is CCN(C(=O)CN1CCC2CNCC2C1)c1ccccc1.Cl. The van der Waals surface area contributed by atoms with Crippen molar-refractivity contribution in [2.75, 3.05) is 44.2 Å². The highest BCUT2D eigenvalue weighted by Crippen LogP contribution is 2.26. The largest absolute Gasteiger partial charge is 0.316 e. The van der Waals surface area contributed by atoms with Gasteiger partial charge in [-0.25, -0.2) is 0 Å². The Kier molecular flexibility index (Phi) is 6.24. The van der Waals surface area contributed by atoms with E-state index in [-0.39, 0.29) is 18.3 Å². The summed E-state index contributed by atoms with van der Waals surface area (Å²) in [5.41, 5.74) is 1.00. The molecule has 0 aliphatic carbocycles. The van der Waals surface area contributed by atoms with E-state index >= 15 is 0 Å². The number of likely N-dealkylation sites (N-methyl/N-ethyl adjacent to an activating group) is 1. The molecule has 0 spiro atoms. The number of amides is 1. The van der Waals surface area contributed by atoms with Crippen LogP contribution in [0.3, 0.4) is 0 Å². The van der Waals surface area contributed by atoms with Crippen LogP contribution in [0.4, 0.5) is 5.69 Å². The van der Waals surface area contributed by atoms with Gasteiger partial charge in [-0.1, -0.05) is 18.2 Å². The van der Waals surface area contributed by atoms with E-state index in [1.807, 2.05) is 42.2 Å². The fourth-order valence-electron chi connectivity index (χ4n) is 3.64. The Labute approximate surface area is 139 Å². The van der Waals surface area contributed by atoms with Crippen LogP contribution in [0, 0.1) is 11.8 Å². The molecule has 2 saturated heterocycles. The standard InChI is InChI=1S/C17H25N3O.ClH/c1-2-20(16-6-4-3-5-7-16)17(21)13-19-9-8-14-10-18-11-15(14)12-19;/h3-7,14-15,18H,2,8-13H2,1H3;1H. The van der Waals surface area contributed by atoms with E-state index in [1.54, 1.807) is 0 Å². The van der Waals surface area contributed by atoms with Crippen molar-refractivity contribution in [2.45, 2.75) is 13.3 Å². The zero-order valence-corrected chi connectivity index (χ0v) is 14.0. The summed E-state index contributed by atoms with van der Waals surface area (Å²) in [5, 5.41) is 3.48. The minimum Gasteiger partial charge on any atom is -0.316 e. The lowest BCUT2D eigenvalue weighted by Crippen LogP contribution is -2.46. The van der Waals surface area contributed by atoms with E-state index in [0.717, 1.165) is 50.2 Å². The average Bonchev–Trinajstić information content (AvgIpc) is 2.96. The third-order valence-corrected chi connectivity index (χ3v) is 4.83. The van der Waals surface area contributed by atoms with Crippen molar-refractivity contribution in [2.24, 2.45) is 11.8 Å². The van der Waals surface area contributed by atoms with Crippen LogP contribution in [-0.4, -0.2) is 50.1 Å². The molecule has 1 N–H and O–H groups in total. The third-order valence-electron chi connectivity index (χ3n) is 4.83. The maximum atomic E-state index is 12.6. The minimum atomic E-state index is 0. The molecule has 22 heavy (non-hydrogen) atoms. The first-order chi connectivity index (χ1) is 10.3. The first kappa shape index (κ1) is 17.3. The fraction of sp³-hybridized carbons (Fsp3) is 0.588. The Balaban J connectivity index is 0.00000176. The maximum Gasteiger partial charge on any atom is 0.241 e. The number of para-hydroxylation sites is 1. The first-order valence-electron chi connectivity index (χ1n) is 8.06. The lowest BCUT2D eigenvalue weighted by atomic mass is 9.89. The number of likely N-dealkylation sites (tertiary alicyclic amines) is 1. The number of piperidine rings is 1. The van der Waals surface area contributed by atoms with Gasteiger partial charge in [0.15, 0.2) is 0 Å². The lowest BCUT2D eigenvalue weighted by molar-refractivity contribution is -0.120. The van der Waals surface area contributed by atoms with Crippen LogP contribution in [0.2, 0.25) is 0 Å². The fourth-order valence-corrected chi connectivity index (χ4v) is 3.64. The Morgan fingerprint density at radius 2 is 2.00 bits per heavy atom. The van der Waals surface area contributed by atoms with Crippen LogP contribution < -0.4 is 10.2 Å². The summed E-state index contributed by atoms with van der Waals surface area (Å²) in [5.74, 6) is 1.78. The molecule has 2 aliphatic heterocycles. The molecule has 2 fully saturated rings. The van der Waals surface area contributed by atoms with E-state index in [9.17, 15) is 4.79 Å². The second-order valence-electron chi connectivity index (χ2n) is 6.18. The maximum absolute atomic E-state index is 12.6. The van der Waals surface area contributed by atoms with Crippen LogP contribution in [-0.2, 0) is 4.79 Å². The number of rotatable bonds is 4. The lowest BCUT2D eigenvalue weighted by Gasteiger charge is -2.35. The van der Waals surface area contributed by atoms with Gasteiger partial charge in [0.1, 0.15) is 0 Å². The summed E-state index contributed by atoms with van der Waals surface area (Å²) in [6, 6.07) is 9.98. The number of nitrogens with zero attached hydrogens (tertiary/aromatic N) is 2. The van der Waals surface area contributed by atoms with Crippen LogP contribution in [0.15, 0.2) is 30.3 Å². The van der Waals surface area contributed by atoms with E-state index in [2.05, 4.69) is 10.2 Å². The normalized spacial score (nSPS) is 24.4. The molecular weight excluding hydrogens is 298 g/mol. The Bertz CT molecular complexity index is 482. The molecule has 1 amide bonds. The topological polar surface area (TPSA) is 35.6 Å². The molecule has 0 radical (unpaired) electrons. The number of benzene rings is 1. The molecule has 2 unspecified atom stereocenters. The number of carbonyl (C=O) groups is 1. The molecule has 0 saturated carbocycles. The number of hydrogen-bond donors (Lipinski definition) is 1. The predicted molar refractivity (Wildman–Crippen MR) is 92.6 cm³/mol. The summed E-state index contributed by atoms with van der Waals surface area (Å²) >= 11 is 0. The zero-order valence-electron chi connectivity index (χ0n) is 13.2. The monoisotopic (exact) mass is 323 g/mol. The van der Waals surface area contributed by atoms with Gasteiger partial charge in [0, 0.05) is 18.8 Å². The number of carbonyl (C=O) groups excluding carboxylic acids is 1. The van der Waals surface area contributed by atoms with Crippen molar-refractivity contribution in [1.29, 1.82) is 0 Å². The molecule has 2 heterocycles. The van der Waals surface area contributed by atoms with Crippen molar-refractivity contribution in [3.8, 4) is 0 Å². The summed E-state index contributed by atoms with van der Waals surface area (Å²) in [6.07, 6.45) is 1.22. The number of fused-ring (bicyclic) bond motifs is 1. The molecule has 1 aromatic rings. The summed E-state index contributed by atoms with van der Waals surface area (Å²) in [6.45, 7) is 7.72.